The number of hydrogen-bond donors (Lipinski definition) is 1. The summed E-state index contributed by atoms with van der Waals surface area (Å²) in [7, 11) is -3.56. The maximum Gasteiger partial charge on any atom is 0.416 e. The van der Waals surface area contributed by atoms with E-state index in [1.165, 1.54) is 36.1 Å². The fraction of sp³-hybridized carbons (Fsp3) is 0.440. The Kier molecular flexibility index (Phi) is 8.38. The monoisotopic (exact) mass is 668 g/mol. The highest BCUT2D eigenvalue weighted by Crippen LogP contribution is 2.35. The third-order valence-electron chi connectivity index (χ3n) is 6.73. The second-order valence-electron chi connectivity index (χ2n) is 9.26. The van der Waals surface area contributed by atoms with E-state index < -0.39 is 51.3 Å². The van der Waals surface area contributed by atoms with Crippen LogP contribution in [0.5, 0.6) is 0 Å². The molecule has 2 aromatic rings. The van der Waals surface area contributed by atoms with E-state index in [1.54, 1.807) is 0 Å². The molecule has 0 spiro atoms. The molecule has 3 atom stereocenters. The summed E-state index contributed by atoms with van der Waals surface area (Å²) in [6.45, 7) is 2.10. The number of nitrogens with zero attached hydrogens (tertiary/aromatic N) is 1. The van der Waals surface area contributed by atoms with E-state index >= 15 is 0 Å². The lowest BCUT2D eigenvalue weighted by Gasteiger charge is -2.36. The molecule has 0 radical (unpaired) electrons. The van der Waals surface area contributed by atoms with E-state index in [1.807, 2.05) is 0 Å². The number of carbonyl (C=O) groups excluding carboxylic acids is 2. The molecule has 13 heteroatoms. The fourth-order valence-electron chi connectivity index (χ4n) is 4.51. The average molecular weight is 668 g/mol. The molecule has 0 bridgehead atoms. The van der Waals surface area contributed by atoms with Crippen LogP contribution in [0.1, 0.15) is 40.9 Å². The summed E-state index contributed by atoms with van der Waals surface area (Å²) in [6, 6.07) is 5.90. The minimum absolute atomic E-state index is 0.0000942. The first-order chi connectivity index (χ1) is 17.8. The van der Waals surface area contributed by atoms with Crippen molar-refractivity contribution in [3.63, 3.8) is 0 Å². The second kappa shape index (κ2) is 11.1. The van der Waals surface area contributed by atoms with Crippen molar-refractivity contribution in [3.05, 3.63) is 65.0 Å². The number of alkyl halides is 4. The van der Waals surface area contributed by atoms with Gasteiger partial charge in [-0.25, -0.2) is 12.8 Å². The van der Waals surface area contributed by atoms with Gasteiger partial charge in [0.15, 0.2) is 9.84 Å². The molecule has 2 aromatic carbocycles. The van der Waals surface area contributed by atoms with E-state index in [0.29, 0.717) is 12.5 Å². The van der Waals surface area contributed by atoms with Crippen LogP contribution < -0.4 is 5.32 Å². The summed E-state index contributed by atoms with van der Waals surface area (Å²) in [5.74, 6) is -2.70. The highest BCUT2D eigenvalue weighted by atomic mass is 127. The molecule has 2 aliphatic heterocycles. The molecular weight excluding hydrogens is 643 g/mol. The minimum atomic E-state index is -4.72. The summed E-state index contributed by atoms with van der Waals surface area (Å²) < 4.78 is 83.6. The maximum atomic E-state index is 14.8. The van der Waals surface area contributed by atoms with Gasteiger partial charge in [-0.1, -0.05) is 41.6 Å². The van der Waals surface area contributed by atoms with Gasteiger partial charge in [0.25, 0.3) is 5.91 Å². The van der Waals surface area contributed by atoms with Crippen LogP contribution in [0, 0.1) is 11.7 Å². The summed E-state index contributed by atoms with van der Waals surface area (Å²) >= 11 is 2.11. The zero-order valence-corrected chi connectivity index (χ0v) is 23.1. The molecule has 2 heterocycles. The molecule has 2 saturated heterocycles. The Morgan fingerprint density at radius 3 is 2.47 bits per heavy atom. The van der Waals surface area contributed by atoms with Gasteiger partial charge in [-0.3, -0.25) is 9.59 Å². The van der Waals surface area contributed by atoms with Crippen molar-refractivity contribution < 1.29 is 40.3 Å². The molecule has 2 amide bonds. The quantitative estimate of drug-likeness (QED) is 0.272. The van der Waals surface area contributed by atoms with Crippen LogP contribution in [-0.4, -0.2) is 60.6 Å². The Labute approximate surface area is 231 Å². The number of likely N-dealkylation sites (tertiary alicyclic amines) is 1. The van der Waals surface area contributed by atoms with E-state index in [-0.39, 0.29) is 51.4 Å². The number of benzene rings is 2. The van der Waals surface area contributed by atoms with Crippen LogP contribution in [0.15, 0.2) is 47.4 Å². The Balaban J connectivity index is 1.58. The van der Waals surface area contributed by atoms with Crippen LogP contribution in [0.3, 0.4) is 0 Å². The maximum absolute atomic E-state index is 14.8. The second-order valence-corrected chi connectivity index (χ2v) is 13.3. The molecule has 38 heavy (non-hydrogen) atoms. The predicted octanol–water partition coefficient (Wildman–Crippen LogP) is 4.16. The van der Waals surface area contributed by atoms with E-state index in [4.69, 9.17) is 4.74 Å². The third kappa shape index (κ3) is 5.98. The molecule has 2 fully saturated rings. The van der Waals surface area contributed by atoms with Crippen molar-refractivity contribution in [1.82, 2.24) is 10.2 Å². The number of nitrogens with one attached hydrogen (secondary N) is 1. The van der Waals surface area contributed by atoms with Gasteiger partial charge in [0, 0.05) is 27.5 Å². The Bertz CT molecular complexity index is 1330. The number of sulfone groups is 1. The number of amides is 2. The lowest BCUT2D eigenvalue weighted by Crippen LogP contribution is -2.50. The molecule has 0 aliphatic carbocycles. The Morgan fingerprint density at radius 1 is 1.18 bits per heavy atom. The minimum Gasteiger partial charge on any atom is -0.381 e. The van der Waals surface area contributed by atoms with Crippen molar-refractivity contribution in [2.45, 2.75) is 40.4 Å². The number of hydrogen-bond acceptors (Lipinski definition) is 5. The van der Waals surface area contributed by atoms with Crippen molar-refractivity contribution >= 4 is 44.2 Å². The van der Waals surface area contributed by atoms with Gasteiger partial charge in [-0.2, -0.15) is 13.2 Å². The average Bonchev–Trinajstić information content (AvgIpc) is 3.23. The Hall–Kier alpha value is -2.26. The normalized spacial score (nSPS) is 21.2. The summed E-state index contributed by atoms with van der Waals surface area (Å²) in [5.41, 5.74) is -1.12. The van der Waals surface area contributed by atoms with Crippen molar-refractivity contribution in [2.24, 2.45) is 5.92 Å². The van der Waals surface area contributed by atoms with Crippen molar-refractivity contribution in [3.8, 4) is 0 Å². The van der Waals surface area contributed by atoms with Crippen LogP contribution in [0.2, 0.25) is 0 Å². The van der Waals surface area contributed by atoms with Crippen LogP contribution in [0.4, 0.5) is 17.6 Å². The van der Waals surface area contributed by atoms with Crippen molar-refractivity contribution in [2.75, 3.05) is 25.5 Å². The van der Waals surface area contributed by atoms with E-state index in [0.717, 1.165) is 12.1 Å². The van der Waals surface area contributed by atoms with Gasteiger partial charge < -0.3 is 15.0 Å². The molecule has 7 nitrogen and oxygen atoms in total. The third-order valence-corrected chi connectivity index (χ3v) is 9.36. The van der Waals surface area contributed by atoms with Gasteiger partial charge in [-0.15, -0.1) is 0 Å². The fourth-order valence-corrected chi connectivity index (χ4v) is 6.35. The highest BCUT2D eigenvalue weighted by molar-refractivity contribution is 14.1. The molecule has 0 aromatic heterocycles. The topological polar surface area (TPSA) is 92.8 Å². The molecule has 0 saturated carbocycles. The Morgan fingerprint density at radius 2 is 1.89 bits per heavy atom. The van der Waals surface area contributed by atoms with E-state index in [9.17, 15) is 35.6 Å². The van der Waals surface area contributed by atoms with Crippen LogP contribution >= 0.6 is 22.6 Å². The lowest BCUT2D eigenvalue weighted by atomic mass is 9.90. The van der Waals surface area contributed by atoms with E-state index in [2.05, 4.69) is 27.9 Å². The smallest absolute Gasteiger partial charge is 0.381 e. The molecule has 4 rings (SSSR count). The number of ether oxygens (including phenoxy) is 1. The summed E-state index contributed by atoms with van der Waals surface area (Å²) in [5, 5.41) is 2.74. The zero-order chi connectivity index (χ0) is 27.8. The molecule has 2 aliphatic rings. The van der Waals surface area contributed by atoms with Gasteiger partial charge in [0.2, 0.25) is 5.91 Å². The number of halogens is 5. The first kappa shape index (κ1) is 28.7. The first-order valence-corrected chi connectivity index (χ1v) is 14.7. The van der Waals surface area contributed by atoms with Crippen molar-refractivity contribution in [1.29, 1.82) is 0 Å². The number of rotatable bonds is 7. The van der Waals surface area contributed by atoms with Crippen LogP contribution in [-0.2, 0) is 25.5 Å². The SMILES string of the molecule is CCS(=O)(=O)c1cccc(C(=O)N2C[C@H](I)C[C@@H]2C(=O)N[C@@H](c2ccc(C(F)(F)F)cc2F)C2COC2)c1. The standard InChI is InChI=1S/C25H25F4IN2O5S/c1-2-38(35,36)18-5-3-4-14(8-18)24(34)32-11-17(30)10-21(32)23(33)31-22(15-12-37-13-15)19-7-6-16(9-20(19)26)25(27,28)29/h3-9,15,17,21-22H,2,10-13H2,1H3,(H,31,33)/t17-,21-,22-/m1/s1. The number of carbonyl (C=O) groups is 2. The first-order valence-electron chi connectivity index (χ1n) is 11.8. The molecule has 206 valence electrons. The van der Waals surface area contributed by atoms with Crippen LogP contribution in [0.25, 0.3) is 0 Å². The summed E-state index contributed by atoms with van der Waals surface area (Å²) in [4.78, 5) is 28.2. The molecule has 1 N–H and O–H groups in total. The predicted molar refractivity (Wildman–Crippen MR) is 138 cm³/mol. The summed E-state index contributed by atoms with van der Waals surface area (Å²) in [6.07, 6.45) is -4.42. The molecular formula is C25H25F4IN2O5S. The zero-order valence-electron chi connectivity index (χ0n) is 20.2. The van der Waals surface area contributed by atoms with Gasteiger partial charge in [-0.05, 0) is 36.8 Å². The van der Waals surface area contributed by atoms with Gasteiger partial charge in [0.1, 0.15) is 11.9 Å². The van der Waals surface area contributed by atoms with Gasteiger partial charge in [0.05, 0.1) is 35.5 Å². The highest BCUT2D eigenvalue weighted by Gasteiger charge is 2.42. The molecule has 0 unspecified atom stereocenters. The lowest BCUT2D eigenvalue weighted by molar-refractivity contribution is -0.138. The van der Waals surface area contributed by atoms with Gasteiger partial charge >= 0.3 is 6.18 Å². The largest absolute Gasteiger partial charge is 0.416 e.